The zero-order valence-electron chi connectivity index (χ0n) is 10.6. The highest BCUT2D eigenvalue weighted by atomic mass is 16.2. The minimum atomic E-state index is 0.0299. The molecule has 1 fully saturated rings. The molecular weight excluding hydrogens is 242 g/mol. The molecule has 19 heavy (non-hydrogen) atoms. The third kappa shape index (κ3) is 2.67. The van der Waals surface area contributed by atoms with E-state index < -0.39 is 0 Å². The molecule has 0 aromatic heterocycles. The van der Waals surface area contributed by atoms with Crippen molar-refractivity contribution in [3.8, 4) is 6.07 Å². The van der Waals surface area contributed by atoms with Gasteiger partial charge < -0.3 is 4.90 Å². The maximum Gasteiger partial charge on any atom is 0.227 e. The van der Waals surface area contributed by atoms with E-state index in [2.05, 4.69) is 16.1 Å². The van der Waals surface area contributed by atoms with Crippen molar-refractivity contribution in [2.45, 2.75) is 13.3 Å². The number of carbonyl (C=O) groups excluding carboxylic acids is 1. The summed E-state index contributed by atoms with van der Waals surface area (Å²) in [6, 6.07) is 7.44. The molecule has 6 nitrogen and oxygen atoms in total. The summed E-state index contributed by atoms with van der Waals surface area (Å²) in [4.78, 5) is 16.3. The Kier molecular flexibility index (Phi) is 3.69. The second kappa shape index (κ2) is 5.42. The van der Waals surface area contributed by atoms with E-state index in [1.807, 2.05) is 13.0 Å². The van der Waals surface area contributed by atoms with E-state index in [0.29, 0.717) is 25.1 Å². The average molecular weight is 255 g/mol. The number of benzene rings is 1. The second-order valence-corrected chi connectivity index (χ2v) is 4.60. The first kappa shape index (κ1) is 12.9. The summed E-state index contributed by atoms with van der Waals surface area (Å²) in [7, 11) is 0. The maximum atomic E-state index is 11.9. The van der Waals surface area contributed by atoms with Gasteiger partial charge in [-0.2, -0.15) is 5.26 Å². The van der Waals surface area contributed by atoms with Crippen molar-refractivity contribution >= 4 is 11.6 Å². The third-order valence-corrected chi connectivity index (χ3v) is 3.25. The number of anilines is 1. The SMILES string of the molecule is Cc1cc(N2CC(CN=[N+]=[N-])CC2=O)ccc1C#N. The van der Waals surface area contributed by atoms with Crippen LogP contribution in [-0.2, 0) is 4.79 Å². The van der Waals surface area contributed by atoms with Gasteiger partial charge in [0.05, 0.1) is 11.6 Å². The van der Waals surface area contributed by atoms with Gasteiger partial charge >= 0.3 is 0 Å². The molecule has 1 atom stereocenters. The number of rotatable bonds is 3. The molecule has 0 N–H and O–H groups in total. The van der Waals surface area contributed by atoms with Crippen LogP contribution in [-0.4, -0.2) is 19.0 Å². The summed E-state index contributed by atoms with van der Waals surface area (Å²) < 4.78 is 0. The first-order valence-electron chi connectivity index (χ1n) is 5.97. The lowest BCUT2D eigenvalue weighted by Gasteiger charge is -2.17. The molecule has 0 radical (unpaired) electrons. The van der Waals surface area contributed by atoms with E-state index >= 15 is 0 Å². The van der Waals surface area contributed by atoms with E-state index in [0.717, 1.165) is 11.3 Å². The summed E-state index contributed by atoms with van der Waals surface area (Å²) in [5.41, 5.74) is 10.6. The first-order valence-corrected chi connectivity index (χ1v) is 5.97. The van der Waals surface area contributed by atoms with E-state index in [-0.39, 0.29) is 11.8 Å². The number of nitriles is 1. The molecule has 1 aromatic carbocycles. The normalized spacial score (nSPS) is 18.0. The quantitative estimate of drug-likeness (QED) is 0.471. The van der Waals surface area contributed by atoms with Gasteiger partial charge in [-0.15, -0.1) is 0 Å². The van der Waals surface area contributed by atoms with Crippen LogP contribution in [0.5, 0.6) is 0 Å². The Morgan fingerprint density at radius 2 is 2.42 bits per heavy atom. The molecule has 0 bridgehead atoms. The molecule has 0 saturated carbocycles. The number of azide groups is 1. The van der Waals surface area contributed by atoms with Crippen LogP contribution in [0.3, 0.4) is 0 Å². The molecule has 0 aliphatic carbocycles. The summed E-state index contributed by atoms with van der Waals surface area (Å²) in [6.45, 7) is 2.75. The molecule has 1 saturated heterocycles. The lowest BCUT2D eigenvalue weighted by Crippen LogP contribution is -2.24. The largest absolute Gasteiger partial charge is 0.312 e. The highest BCUT2D eigenvalue weighted by Crippen LogP contribution is 2.26. The summed E-state index contributed by atoms with van der Waals surface area (Å²) >= 11 is 0. The number of aryl methyl sites for hydroxylation is 1. The van der Waals surface area contributed by atoms with Crippen molar-refractivity contribution in [2.75, 3.05) is 18.0 Å². The molecule has 1 unspecified atom stereocenters. The predicted molar refractivity (Wildman–Crippen MR) is 70.4 cm³/mol. The van der Waals surface area contributed by atoms with Gasteiger partial charge in [0.15, 0.2) is 0 Å². The Morgan fingerprint density at radius 3 is 3.05 bits per heavy atom. The van der Waals surface area contributed by atoms with Gasteiger partial charge in [-0.25, -0.2) is 0 Å². The van der Waals surface area contributed by atoms with Gasteiger partial charge in [0.1, 0.15) is 0 Å². The Balaban J connectivity index is 2.19. The molecule has 1 aliphatic rings. The standard InChI is InChI=1S/C13H13N5O/c1-9-4-12(3-2-11(9)6-14)18-8-10(5-13(18)19)7-16-17-15/h2-4,10H,5,7-8H2,1H3. The van der Waals surface area contributed by atoms with Gasteiger partial charge in [0, 0.05) is 30.1 Å². The van der Waals surface area contributed by atoms with Crippen LogP contribution in [0.1, 0.15) is 17.5 Å². The molecule has 1 amide bonds. The van der Waals surface area contributed by atoms with Crippen LogP contribution >= 0.6 is 0 Å². The van der Waals surface area contributed by atoms with E-state index in [4.69, 9.17) is 10.8 Å². The van der Waals surface area contributed by atoms with E-state index in [1.165, 1.54) is 0 Å². The fourth-order valence-electron chi connectivity index (χ4n) is 2.25. The van der Waals surface area contributed by atoms with Crippen molar-refractivity contribution in [1.82, 2.24) is 0 Å². The van der Waals surface area contributed by atoms with Crippen LogP contribution in [0.2, 0.25) is 0 Å². The number of amides is 1. The fourth-order valence-corrected chi connectivity index (χ4v) is 2.25. The topological polar surface area (TPSA) is 92.9 Å². The number of hydrogen-bond acceptors (Lipinski definition) is 3. The molecule has 2 rings (SSSR count). The highest BCUT2D eigenvalue weighted by molar-refractivity contribution is 5.95. The molecule has 0 spiro atoms. The van der Waals surface area contributed by atoms with Gasteiger partial charge in [0.25, 0.3) is 0 Å². The van der Waals surface area contributed by atoms with Crippen molar-refractivity contribution in [3.63, 3.8) is 0 Å². The summed E-state index contributed by atoms with van der Waals surface area (Å²) in [5, 5.41) is 12.4. The van der Waals surface area contributed by atoms with Gasteiger partial charge in [0.2, 0.25) is 5.91 Å². The maximum absolute atomic E-state index is 11.9. The lowest BCUT2D eigenvalue weighted by molar-refractivity contribution is -0.117. The summed E-state index contributed by atoms with van der Waals surface area (Å²) in [5.74, 6) is 0.0987. The first-order chi connectivity index (χ1) is 9.15. The molecule has 6 heteroatoms. The molecule has 1 aromatic rings. The molecule has 1 aliphatic heterocycles. The smallest absolute Gasteiger partial charge is 0.227 e. The summed E-state index contributed by atoms with van der Waals surface area (Å²) in [6.07, 6.45) is 0.401. The van der Waals surface area contributed by atoms with E-state index in [9.17, 15) is 4.79 Å². The van der Waals surface area contributed by atoms with Crippen LogP contribution in [0.4, 0.5) is 5.69 Å². The van der Waals surface area contributed by atoms with Gasteiger partial charge in [-0.05, 0) is 42.1 Å². The zero-order chi connectivity index (χ0) is 13.8. The van der Waals surface area contributed by atoms with Crippen molar-refractivity contribution in [3.05, 3.63) is 39.8 Å². The number of carbonyl (C=O) groups is 1. The van der Waals surface area contributed by atoms with Crippen LogP contribution in [0.25, 0.3) is 10.4 Å². The predicted octanol–water partition coefficient (Wildman–Crippen LogP) is 2.53. The van der Waals surface area contributed by atoms with E-state index in [1.54, 1.807) is 17.0 Å². The number of nitrogens with zero attached hydrogens (tertiary/aromatic N) is 5. The van der Waals surface area contributed by atoms with Crippen molar-refractivity contribution in [2.24, 2.45) is 11.0 Å². The molecule has 1 heterocycles. The van der Waals surface area contributed by atoms with Crippen LogP contribution in [0, 0.1) is 24.2 Å². The Morgan fingerprint density at radius 1 is 1.63 bits per heavy atom. The fraction of sp³-hybridized carbons (Fsp3) is 0.385. The van der Waals surface area contributed by atoms with Crippen molar-refractivity contribution < 1.29 is 4.79 Å². The monoisotopic (exact) mass is 255 g/mol. The van der Waals surface area contributed by atoms with Gasteiger partial charge in [-0.3, -0.25) is 4.79 Å². The van der Waals surface area contributed by atoms with Crippen molar-refractivity contribution in [1.29, 1.82) is 5.26 Å². The highest BCUT2D eigenvalue weighted by Gasteiger charge is 2.30. The number of hydrogen-bond donors (Lipinski definition) is 0. The Hall–Kier alpha value is -2.51. The van der Waals surface area contributed by atoms with Crippen LogP contribution < -0.4 is 4.90 Å². The zero-order valence-corrected chi connectivity index (χ0v) is 10.6. The van der Waals surface area contributed by atoms with Gasteiger partial charge in [-0.1, -0.05) is 5.11 Å². The minimum absolute atomic E-state index is 0.0299. The third-order valence-electron chi connectivity index (χ3n) is 3.25. The molecule has 96 valence electrons. The second-order valence-electron chi connectivity index (χ2n) is 4.60. The minimum Gasteiger partial charge on any atom is -0.312 e. The van der Waals surface area contributed by atoms with Crippen LogP contribution in [0.15, 0.2) is 23.3 Å². The Labute approximate surface area is 110 Å². The molecular formula is C13H13N5O. The average Bonchev–Trinajstić information content (AvgIpc) is 2.77. The Bertz CT molecular complexity index is 598. The lowest BCUT2D eigenvalue weighted by atomic mass is 10.1.